The van der Waals surface area contributed by atoms with E-state index >= 15 is 0 Å². The van der Waals surface area contributed by atoms with Crippen molar-refractivity contribution in [1.29, 1.82) is 0 Å². The molecule has 21 heavy (non-hydrogen) atoms. The average Bonchev–Trinajstić information content (AvgIpc) is 2.28. The Bertz CT molecular complexity index is 525. The molecular formula is C12H21N2O6P. The zero-order valence-corrected chi connectivity index (χ0v) is 13.0. The monoisotopic (exact) mass is 320 g/mol. The minimum atomic E-state index is -4.78. The number of benzene rings is 1. The van der Waals surface area contributed by atoms with Crippen LogP contribution in [-0.4, -0.2) is 32.1 Å². The molecule has 1 unspecified atom stereocenters. The highest BCUT2D eigenvalue weighted by Crippen LogP contribution is 2.42. The lowest BCUT2D eigenvalue weighted by Gasteiger charge is -2.22. The molecule has 0 spiro atoms. The van der Waals surface area contributed by atoms with E-state index in [-0.39, 0.29) is 17.8 Å². The zero-order valence-electron chi connectivity index (χ0n) is 12.1. The van der Waals surface area contributed by atoms with Gasteiger partial charge in [0.1, 0.15) is 0 Å². The summed E-state index contributed by atoms with van der Waals surface area (Å²) in [6.45, 7) is 5.99. The predicted octanol–water partition coefficient (Wildman–Crippen LogP) is 0.790. The van der Waals surface area contributed by atoms with E-state index in [0.717, 1.165) is 0 Å². The molecule has 1 rings (SSSR count). The summed E-state index contributed by atoms with van der Waals surface area (Å²) in [6, 6.07) is 3.81. The minimum Gasteiger partial charge on any atom is -0.504 e. The maximum atomic E-state index is 10.8. The summed E-state index contributed by atoms with van der Waals surface area (Å²) in [6.07, 6.45) is -0.945. The van der Waals surface area contributed by atoms with Gasteiger partial charge in [-0.05, 0) is 38.5 Å². The van der Waals surface area contributed by atoms with Gasteiger partial charge in [0.15, 0.2) is 11.5 Å². The molecule has 1 atom stereocenters. The molecule has 0 fully saturated rings. The quantitative estimate of drug-likeness (QED) is 0.335. The topological polar surface area (TPSA) is 131 Å². The molecule has 0 aliphatic rings. The second-order valence-corrected chi connectivity index (χ2v) is 6.74. The van der Waals surface area contributed by atoms with Gasteiger partial charge in [-0.25, -0.2) is 4.57 Å². The minimum absolute atomic E-state index is 0.164. The first kappa shape index (κ1) is 17.9. The van der Waals surface area contributed by atoms with Gasteiger partial charge in [-0.1, -0.05) is 6.07 Å². The molecule has 1 aromatic carbocycles. The molecule has 8 nitrogen and oxygen atoms in total. The van der Waals surface area contributed by atoms with Gasteiger partial charge < -0.3 is 14.7 Å². The van der Waals surface area contributed by atoms with Crippen molar-refractivity contribution < 1.29 is 29.1 Å². The second kappa shape index (κ2) is 6.74. The number of hydrogen-bond acceptors (Lipinski definition) is 6. The number of phenolic OH excluding ortho intramolecular Hbond substituents is 1. The van der Waals surface area contributed by atoms with Crippen molar-refractivity contribution >= 4 is 7.82 Å². The Morgan fingerprint density at radius 2 is 1.95 bits per heavy atom. The number of aromatic hydroxyl groups is 1. The summed E-state index contributed by atoms with van der Waals surface area (Å²) in [7, 11) is -4.78. The molecule has 9 heteroatoms. The van der Waals surface area contributed by atoms with Crippen LogP contribution in [0.3, 0.4) is 0 Å². The number of phosphoric ester groups is 1. The Morgan fingerprint density at radius 3 is 2.48 bits per heavy atom. The maximum absolute atomic E-state index is 10.8. The van der Waals surface area contributed by atoms with Crippen molar-refractivity contribution in [2.75, 3.05) is 6.54 Å². The van der Waals surface area contributed by atoms with Gasteiger partial charge in [-0.2, -0.15) is 0 Å². The van der Waals surface area contributed by atoms with Crippen LogP contribution in [0.2, 0.25) is 0 Å². The molecule has 0 radical (unpaired) electrons. The van der Waals surface area contributed by atoms with E-state index < -0.39 is 19.7 Å². The van der Waals surface area contributed by atoms with Crippen LogP contribution < -0.4 is 15.4 Å². The van der Waals surface area contributed by atoms with Gasteiger partial charge >= 0.3 is 7.82 Å². The lowest BCUT2D eigenvalue weighted by Crippen LogP contribution is -2.47. The van der Waals surface area contributed by atoms with E-state index in [1.165, 1.54) is 18.2 Å². The SMILES string of the molecule is CC(C)(C)NNCC(O)c1ccc(O)c(OP(=O)(O)O)c1. The molecule has 0 aliphatic carbocycles. The van der Waals surface area contributed by atoms with E-state index in [4.69, 9.17) is 9.79 Å². The molecule has 0 aliphatic heterocycles. The number of aliphatic hydroxyl groups is 1. The zero-order chi connectivity index (χ0) is 16.3. The van der Waals surface area contributed by atoms with E-state index in [9.17, 15) is 14.8 Å². The molecule has 120 valence electrons. The lowest BCUT2D eigenvalue weighted by atomic mass is 10.1. The highest BCUT2D eigenvalue weighted by Gasteiger charge is 2.20. The molecule has 0 aromatic heterocycles. The van der Waals surface area contributed by atoms with Crippen LogP contribution in [0, 0.1) is 0 Å². The predicted molar refractivity (Wildman–Crippen MR) is 76.6 cm³/mol. The summed E-state index contributed by atoms with van der Waals surface area (Å²) >= 11 is 0. The molecule has 0 saturated heterocycles. The Morgan fingerprint density at radius 1 is 1.33 bits per heavy atom. The normalized spacial score (nSPS) is 14.0. The highest BCUT2D eigenvalue weighted by atomic mass is 31.2. The molecule has 0 heterocycles. The van der Waals surface area contributed by atoms with Crippen molar-refractivity contribution in [2.24, 2.45) is 0 Å². The summed E-state index contributed by atoms with van der Waals surface area (Å²) < 4.78 is 15.1. The summed E-state index contributed by atoms with van der Waals surface area (Å²) in [4.78, 5) is 17.5. The molecule has 1 aromatic rings. The van der Waals surface area contributed by atoms with Crippen molar-refractivity contribution in [3.63, 3.8) is 0 Å². The first-order chi connectivity index (χ1) is 9.48. The van der Waals surface area contributed by atoms with E-state index in [1.807, 2.05) is 20.8 Å². The average molecular weight is 320 g/mol. The van der Waals surface area contributed by atoms with Gasteiger partial charge in [0.25, 0.3) is 0 Å². The summed E-state index contributed by atoms with van der Waals surface area (Å²) in [5, 5.41) is 19.5. The lowest BCUT2D eigenvalue weighted by molar-refractivity contribution is 0.161. The molecule has 0 saturated carbocycles. The number of aliphatic hydroxyl groups excluding tert-OH is 1. The van der Waals surface area contributed by atoms with Crippen LogP contribution in [0.1, 0.15) is 32.4 Å². The van der Waals surface area contributed by atoms with Crippen molar-refractivity contribution in [1.82, 2.24) is 10.9 Å². The summed E-state index contributed by atoms with van der Waals surface area (Å²) in [5.41, 5.74) is 5.99. The van der Waals surface area contributed by atoms with Crippen molar-refractivity contribution in [2.45, 2.75) is 32.4 Å². The van der Waals surface area contributed by atoms with E-state index in [2.05, 4.69) is 15.4 Å². The third-order valence-electron chi connectivity index (χ3n) is 2.34. The molecule has 0 bridgehead atoms. The van der Waals surface area contributed by atoms with Crippen LogP contribution in [-0.2, 0) is 4.57 Å². The Kier molecular flexibility index (Phi) is 5.75. The number of hydrazine groups is 1. The fourth-order valence-electron chi connectivity index (χ4n) is 1.47. The van der Waals surface area contributed by atoms with Crippen molar-refractivity contribution in [3.05, 3.63) is 23.8 Å². The fourth-order valence-corrected chi connectivity index (χ4v) is 1.87. The van der Waals surface area contributed by atoms with E-state index in [0.29, 0.717) is 5.56 Å². The number of phosphoric acid groups is 1. The largest absolute Gasteiger partial charge is 0.524 e. The van der Waals surface area contributed by atoms with Crippen molar-refractivity contribution in [3.8, 4) is 11.5 Å². The Hall–Kier alpha value is -1.15. The first-order valence-corrected chi connectivity index (χ1v) is 7.77. The van der Waals surface area contributed by atoms with Gasteiger partial charge in [-0.3, -0.25) is 20.6 Å². The Labute approximate surface area is 123 Å². The van der Waals surface area contributed by atoms with E-state index in [1.54, 1.807) is 0 Å². The summed E-state index contributed by atoms with van der Waals surface area (Å²) in [5.74, 6) is -0.807. The highest BCUT2D eigenvalue weighted by molar-refractivity contribution is 7.46. The standard InChI is InChI=1S/C12H21N2O6P/c1-12(2,3)14-13-7-10(16)8-4-5-9(15)11(6-8)20-21(17,18)19/h4-6,10,13-16H,7H2,1-3H3,(H2,17,18,19). The van der Waals surface area contributed by atoms with Gasteiger partial charge in [0, 0.05) is 12.1 Å². The number of nitrogens with one attached hydrogen (secondary N) is 2. The van der Waals surface area contributed by atoms with Gasteiger partial charge in [-0.15, -0.1) is 0 Å². The van der Waals surface area contributed by atoms with Crippen LogP contribution in [0.25, 0.3) is 0 Å². The van der Waals surface area contributed by atoms with Gasteiger partial charge in [0.2, 0.25) is 0 Å². The second-order valence-electron chi connectivity index (χ2n) is 5.58. The maximum Gasteiger partial charge on any atom is 0.524 e. The molecular weight excluding hydrogens is 299 g/mol. The number of rotatable bonds is 6. The smallest absolute Gasteiger partial charge is 0.504 e. The number of phenols is 1. The van der Waals surface area contributed by atoms with Crippen LogP contribution in [0.5, 0.6) is 11.5 Å². The van der Waals surface area contributed by atoms with Crippen LogP contribution in [0.4, 0.5) is 0 Å². The van der Waals surface area contributed by atoms with Crippen LogP contribution in [0.15, 0.2) is 18.2 Å². The van der Waals surface area contributed by atoms with Gasteiger partial charge in [0.05, 0.1) is 6.10 Å². The molecule has 6 N–H and O–H groups in total. The number of hydrogen-bond donors (Lipinski definition) is 6. The molecule has 0 amide bonds. The Balaban J connectivity index is 2.74. The third kappa shape index (κ3) is 6.90. The third-order valence-corrected chi connectivity index (χ3v) is 2.78. The first-order valence-electron chi connectivity index (χ1n) is 6.24. The fraction of sp³-hybridized carbons (Fsp3) is 0.500. The van der Waals surface area contributed by atoms with Crippen LogP contribution >= 0.6 is 7.82 Å².